The Morgan fingerprint density at radius 2 is 2.15 bits per heavy atom. The van der Waals surface area contributed by atoms with Crippen LogP contribution in [0.2, 0.25) is 0 Å². The van der Waals surface area contributed by atoms with Gasteiger partial charge in [0, 0.05) is 36.1 Å². The van der Waals surface area contributed by atoms with Crippen molar-refractivity contribution in [1.29, 1.82) is 5.41 Å². The third-order valence-electron chi connectivity index (χ3n) is 6.89. The van der Waals surface area contributed by atoms with Gasteiger partial charge in [-0.15, -0.1) is 0 Å². The highest BCUT2D eigenvalue weighted by Gasteiger charge is 2.44. The fourth-order valence-electron chi connectivity index (χ4n) is 5.15. The number of likely N-dealkylation sites (tertiary alicyclic amines) is 1. The van der Waals surface area contributed by atoms with Crippen LogP contribution in [0, 0.1) is 17.1 Å². The minimum absolute atomic E-state index is 0.0556. The van der Waals surface area contributed by atoms with Gasteiger partial charge in [-0.25, -0.2) is 9.38 Å². The molecule has 5 unspecified atom stereocenters. The Bertz CT molecular complexity index is 1120. The number of aliphatic hydroxyl groups excluding tert-OH is 1. The van der Waals surface area contributed by atoms with Crippen molar-refractivity contribution in [3.8, 4) is 5.75 Å². The summed E-state index contributed by atoms with van der Waals surface area (Å²) in [4.78, 5) is 19.2. The third-order valence-corrected chi connectivity index (χ3v) is 7.10. The van der Waals surface area contributed by atoms with Crippen LogP contribution in [0.3, 0.4) is 0 Å². The van der Waals surface area contributed by atoms with Crippen molar-refractivity contribution in [3.05, 3.63) is 52.2 Å². The van der Waals surface area contributed by atoms with Crippen LogP contribution in [0.1, 0.15) is 36.5 Å². The van der Waals surface area contributed by atoms with Gasteiger partial charge in [-0.2, -0.15) is 0 Å². The second-order valence-electron chi connectivity index (χ2n) is 9.41. The number of nitrogens with zero attached hydrogens (tertiary/aromatic N) is 2. The van der Waals surface area contributed by atoms with Gasteiger partial charge in [-0.1, -0.05) is 11.6 Å². The first-order valence-corrected chi connectivity index (χ1v) is 11.8. The van der Waals surface area contributed by atoms with Crippen LogP contribution in [0.25, 0.3) is 0 Å². The molecule has 10 heteroatoms. The lowest BCUT2D eigenvalue weighted by atomic mass is 9.74. The molecule has 0 spiro atoms. The molecule has 1 aliphatic carbocycles. The standard InChI is InChI=1S/C24H27ClFN5O3/c1-12-4-16(5-13-6-20(32)22(13)30-12)34-21-7-15(26)2-3-17(21)24(33)31-10-18(19(27)11-31)23-28-8-14(25)9-29-23/h2-3,7-9,12-13,16,20,22,27-28,30,32H,4-6,10-11H2,1H3/b23-18+,27-19?. The number of amides is 1. The monoisotopic (exact) mass is 487 g/mol. The van der Waals surface area contributed by atoms with Gasteiger partial charge < -0.3 is 30.8 Å². The van der Waals surface area contributed by atoms with Gasteiger partial charge in [0.1, 0.15) is 23.5 Å². The van der Waals surface area contributed by atoms with Crippen LogP contribution in [0.15, 0.2) is 45.8 Å². The molecule has 1 aromatic rings. The van der Waals surface area contributed by atoms with Crippen molar-refractivity contribution in [2.75, 3.05) is 13.1 Å². The number of nitrogens with one attached hydrogen (secondary N) is 3. The Morgan fingerprint density at radius 3 is 2.88 bits per heavy atom. The average molecular weight is 488 g/mol. The van der Waals surface area contributed by atoms with E-state index in [4.69, 9.17) is 21.7 Å². The molecule has 3 heterocycles. The molecule has 4 aliphatic rings. The maximum atomic E-state index is 14.2. The van der Waals surface area contributed by atoms with Crippen LogP contribution in [-0.2, 0) is 0 Å². The van der Waals surface area contributed by atoms with Gasteiger partial charge in [-0.3, -0.25) is 4.79 Å². The van der Waals surface area contributed by atoms with E-state index in [1.807, 2.05) is 6.92 Å². The second-order valence-corrected chi connectivity index (χ2v) is 9.84. The number of aliphatic imine (C=N–C) groups is 1. The number of hydrogen-bond donors (Lipinski definition) is 4. The molecule has 4 N–H and O–H groups in total. The minimum Gasteiger partial charge on any atom is -0.489 e. The molecule has 0 radical (unpaired) electrons. The van der Waals surface area contributed by atoms with Gasteiger partial charge in [-0.05, 0) is 44.2 Å². The highest BCUT2D eigenvalue weighted by Crippen LogP contribution is 2.37. The highest BCUT2D eigenvalue weighted by molar-refractivity contribution is 6.39. The summed E-state index contributed by atoms with van der Waals surface area (Å²) in [7, 11) is 0. The molecule has 3 aliphatic heterocycles. The zero-order chi connectivity index (χ0) is 24.0. The Labute approximate surface area is 202 Å². The van der Waals surface area contributed by atoms with E-state index in [0.29, 0.717) is 29.3 Å². The minimum atomic E-state index is -0.482. The van der Waals surface area contributed by atoms with Crippen LogP contribution in [0.5, 0.6) is 5.75 Å². The first kappa shape index (κ1) is 23.0. The number of aliphatic hydroxyl groups is 1. The van der Waals surface area contributed by atoms with E-state index >= 15 is 0 Å². The molecule has 1 aromatic carbocycles. The Kier molecular flexibility index (Phi) is 6.18. The van der Waals surface area contributed by atoms with Crippen molar-refractivity contribution < 1.29 is 19.0 Å². The van der Waals surface area contributed by atoms with Gasteiger partial charge >= 0.3 is 0 Å². The summed E-state index contributed by atoms with van der Waals surface area (Å²) < 4.78 is 20.4. The first-order chi connectivity index (χ1) is 16.3. The number of carbonyl (C=O) groups excluding carboxylic acids is 1. The van der Waals surface area contributed by atoms with Crippen LogP contribution >= 0.6 is 11.6 Å². The lowest BCUT2D eigenvalue weighted by Crippen LogP contribution is -2.56. The summed E-state index contributed by atoms with van der Waals surface area (Å²) in [5.41, 5.74) is 1.15. The molecule has 5 atom stereocenters. The van der Waals surface area contributed by atoms with Crippen molar-refractivity contribution >= 4 is 29.4 Å². The number of halogens is 2. The van der Waals surface area contributed by atoms with Gasteiger partial charge in [0.15, 0.2) is 0 Å². The molecule has 34 heavy (non-hydrogen) atoms. The maximum Gasteiger partial charge on any atom is 0.258 e. The summed E-state index contributed by atoms with van der Waals surface area (Å²) in [6.07, 6.45) is 4.64. The number of benzene rings is 1. The van der Waals surface area contributed by atoms with Crippen molar-refractivity contribution in [1.82, 2.24) is 15.5 Å². The Balaban J connectivity index is 1.35. The fourth-order valence-corrected chi connectivity index (χ4v) is 5.25. The number of rotatable bonds is 3. The fraction of sp³-hybridized carbons (Fsp3) is 0.458. The number of hydrogen-bond acceptors (Lipinski definition) is 7. The van der Waals surface area contributed by atoms with Gasteiger partial charge in [0.05, 0.1) is 35.5 Å². The lowest BCUT2D eigenvalue weighted by molar-refractivity contribution is -0.0120. The van der Waals surface area contributed by atoms with Gasteiger partial charge in [0.2, 0.25) is 0 Å². The van der Waals surface area contributed by atoms with Crippen molar-refractivity contribution in [2.24, 2.45) is 10.9 Å². The van der Waals surface area contributed by atoms with E-state index < -0.39 is 5.82 Å². The molecule has 180 valence electrons. The van der Waals surface area contributed by atoms with Crippen molar-refractivity contribution in [3.63, 3.8) is 0 Å². The largest absolute Gasteiger partial charge is 0.489 e. The predicted octanol–water partition coefficient (Wildman–Crippen LogP) is 2.54. The lowest BCUT2D eigenvalue weighted by Gasteiger charge is -2.42. The van der Waals surface area contributed by atoms with E-state index in [-0.39, 0.29) is 66.2 Å². The van der Waals surface area contributed by atoms with E-state index in [9.17, 15) is 14.3 Å². The summed E-state index contributed by atoms with van der Waals surface area (Å²) >= 11 is 5.89. The van der Waals surface area contributed by atoms with Crippen molar-refractivity contribution in [2.45, 2.75) is 50.5 Å². The van der Waals surface area contributed by atoms with E-state index in [1.165, 1.54) is 29.3 Å². The number of ether oxygens (including phenoxy) is 1. The SMILES string of the molecule is CC1CC(Oc2cc(F)ccc2C(=O)N2CC(=N)/C(=C3/N=CC(Cl)=CN3)C2)CC2CC(O)C2N1. The number of allylic oxidation sites excluding steroid dienone is 1. The number of fused-ring (bicyclic) bond motifs is 1. The zero-order valence-corrected chi connectivity index (χ0v) is 19.5. The normalized spacial score (nSPS) is 32.9. The molecule has 5 rings (SSSR count). The van der Waals surface area contributed by atoms with Crippen LogP contribution in [-0.4, -0.2) is 65.2 Å². The molecule has 2 saturated heterocycles. The van der Waals surface area contributed by atoms with E-state index in [1.54, 1.807) is 6.20 Å². The average Bonchev–Trinajstić information content (AvgIpc) is 3.13. The highest BCUT2D eigenvalue weighted by atomic mass is 35.5. The Hall–Kier alpha value is -2.75. The van der Waals surface area contributed by atoms with E-state index in [2.05, 4.69) is 15.6 Å². The van der Waals surface area contributed by atoms with E-state index in [0.717, 1.165) is 6.42 Å². The maximum absolute atomic E-state index is 14.2. The smallest absolute Gasteiger partial charge is 0.258 e. The summed E-state index contributed by atoms with van der Waals surface area (Å²) in [6.45, 7) is 2.36. The quantitative estimate of drug-likeness (QED) is 0.524. The molecule has 1 amide bonds. The Morgan fingerprint density at radius 1 is 1.32 bits per heavy atom. The molecule has 3 fully saturated rings. The summed E-state index contributed by atoms with van der Waals surface area (Å²) in [6, 6.07) is 4.12. The predicted molar refractivity (Wildman–Crippen MR) is 127 cm³/mol. The molecule has 0 bridgehead atoms. The van der Waals surface area contributed by atoms with Gasteiger partial charge in [0.25, 0.3) is 5.91 Å². The molecule has 1 saturated carbocycles. The van der Waals surface area contributed by atoms with Crippen LogP contribution < -0.4 is 15.4 Å². The number of carbonyl (C=O) groups is 1. The molecule has 8 nitrogen and oxygen atoms in total. The first-order valence-electron chi connectivity index (χ1n) is 11.5. The summed E-state index contributed by atoms with van der Waals surface area (Å²) in [5, 5.41) is 25.2. The molecular weight excluding hydrogens is 461 g/mol. The molecule has 0 aromatic heterocycles. The second kappa shape index (κ2) is 9.13. The zero-order valence-electron chi connectivity index (χ0n) is 18.7. The third kappa shape index (κ3) is 4.47. The summed E-state index contributed by atoms with van der Waals surface area (Å²) in [5.74, 6) is 0.163. The topological polar surface area (TPSA) is 110 Å². The van der Waals surface area contributed by atoms with Crippen LogP contribution in [0.4, 0.5) is 4.39 Å². The molecular formula is C24H27ClFN5O3.